The molecule has 0 radical (unpaired) electrons. The second-order valence-electron chi connectivity index (χ2n) is 5.61. The van der Waals surface area contributed by atoms with Crippen LogP contribution in [0.2, 0.25) is 0 Å². The van der Waals surface area contributed by atoms with Crippen LogP contribution in [0.5, 0.6) is 0 Å². The van der Waals surface area contributed by atoms with Gasteiger partial charge in [0, 0.05) is 23.4 Å². The zero-order valence-electron chi connectivity index (χ0n) is 13.8. The number of hydrogen-bond donors (Lipinski definition) is 0. The molecule has 27 heavy (non-hydrogen) atoms. The number of pyridine rings is 1. The van der Waals surface area contributed by atoms with Gasteiger partial charge in [0.25, 0.3) is 0 Å². The minimum Gasteiger partial charge on any atom is -0.298 e. The van der Waals surface area contributed by atoms with Crippen molar-refractivity contribution in [3.8, 4) is 0 Å². The molecular formula is C20H13F2NO3S. The number of aromatic nitrogens is 1. The van der Waals surface area contributed by atoms with Gasteiger partial charge in [-0.25, -0.2) is 17.2 Å². The number of carbonyl (C=O) groups excluding carboxylic acids is 1. The fraction of sp³-hybridized carbons (Fsp3) is 0. The highest BCUT2D eigenvalue weighted by atomic mass is 32.2. The normalized spacial score (nSPS) is 11.6. The number of aldehydes is 1. The number of halogens is 2. The van der Waals surface area contributed by atoms with Crippen LogP contribution < -0.4 is 0 Å². The van der Waals surface area contributed by atoms with Gasteiger partial charge in [-0.05, 0) is 48.6 Å². The van der Waals surface area contributed by atoms with E-state index in [1.54, 1.807) is 0 Å². The van der Waals surface area contributed by atoms with E-state index < -0.39 is 21.5 Å². The van der Waals surface area contributed by atoms with Crippen molar-refractivity contribution in [3.63, 3.8) is 0 Å². The molecule has 0 amide bonds. The summed E-state index contributed by atoms with van der Waals surface area (Å²) in [6.07, 6.45) is 4.65. The molecule has 2 aromatic carbocycles. The highest BCUT2D eigenvalue weighted by Crippen LogP contribution is 2.21. The zero-order valence-corrected chi connectivity index (χ0v) is 14.7. The Morgan fingerprint density at radius 1 is 0.889 bits per heavy atom. The first kappa shape index (κ1) is 18.6. The molecule has 0 atom stereocenters. The molecule has 7 heteroatoms. The highest BCUT2D eigenvalue weighted by Gasteiger charge is 2.18. The lowest BCUT2D eigenvalue weighted by Gasteiger charge is -2.05. The van der Waals surface area contributed by atoms with E-state index in [0.29, 0.717) is 12.0 Å². The lowest BCUT2D eigenvalue weighted by Crippen LogP contribution is -2.03. The summed E-state index contributed by atoms with van der Waals surface area (Å²) in [6, 6.07) is 11.7. The monoisotopic (exact) mass is 385 g/mol. The third-order valence-corrected chi connectivity index (χ3v) is 5.51. The topological polar surface area (TPSA) is 64.1 Å². The van der Waals surface area contributed by atoms with Crippen LogP contribution in [0.4, 0.5) is 8.78 Å². The van der Waals surface area contributed by atoms with Gasteiger partial charge in [0.05, 0.1) is 15.5 Å². The lowest BCUT2D eigenvalue weighted by molar-refractivity contribution is 0.112. The molecule has 0 fully saturated rings. The van der Waals surface area contributed by atoms with Gasteiger partial charge in [-0.1, -0.05) is 12.1 Å². The summed E-state index contributed by atoms with van der Waals surface area (Å²) in [4.78, 5) is 14.8. The molecule has 0 aliphatic carbocycles. The van der Waals surface area contributed by atoms with Gasteiger partial charge in [-0.3, -0.25) is 9.78 Å². The number of nitrogens with zero attached hydrogens (tertiary/aromatic N) is 1. The Balaban J connectivity index is 1.86. The first-order chi connectivity index (χ1) is 12.9. The minimum absolute atomic E-state index is 0.00873. The summed E-state index contributed by atoms with van der Waals surface area (Å²) < 4.78 is 51.7. The minimum atomic E-state index is -3.81. The average Bonchev–Trinajstić information content (AvgIpc) is 2.67. The number of carbonyl (C=O) groups is 1. The first-order valence-corrected chi connectivity index (χ1v) is 9.28. The summed E-state index contributed by atoms with van der Waals surface area (Å²) in [6.45, 7) is 0. The van der Waals surface area contributed by atoms with Gasteiger partial charge >= 0.3 is 0 Å². The van der Waals surface area contributed by atoms with E-state index in [4.69, 9.17) is 0 Å². The van der Waals surface area contributed by atoms with Gasteiger partial charge in [0.2, 0.25) is 9.84 Å². The molecule has 0 saturated carbocycles. The van der Waals surface area contributed by atoms with Crippen molar-refractivity contribution in [2.75, 3.05) is 0 Å². The molecule has 0 unspecified atom stereocenters. The maximum atomic E-state index is 13.6. The first-order valence-electron chi connectivity index (χ1n) is 7.80. The third-order valence-electron chi connectivity index (χ3n) is 3.77. The van der Waals surface area contributed by atoms with E-state index in [0.717, 1.165) is 12.1 Å². The highest BCUT2D eigenvalue weighted by molar-refractivity contribution is 7.91. The third kappa shape index (κ3) is 4.15. The zero-order chi connectivity index (χ0) is 19.4. The van der Waals surface area contributed by atoms with Gasteiger partial charge < -0.3 is 0 Å². The Hall–Kier alpha value is -3.19. The summed E-state index contributed by atoms with van der Waals surface area (Å²) in [5, 5.41) is 0. The number of hydrogen-bond acceptors (Lipinski definition) is 4. The second kappa shape index (κ2) is 7.59. The number of benzene rings is 2. The Bertz CT molecular complexity index is 1120. The van der Waals surface area contributed by atoms with Crippen LogP contribution in [0.25, 0.3) is 12.2 Å². The molecule has 1 heterocycles. The van der Waals surface area contributed by atoms with Crippen molar-refractivity contribution in [3.05, 3.63) is 89.2 Å². The fourth-order valence-electron chi connectivity index (χ4n) is 2.35. The van der Waals surface area contributed by atoms with Crippen molar-refractivity contribution in [1.29, 1.82) is 0 Å². The van der Waals surface area contributed by atoms with E-state index in [1.165, 1.54) is 60.8 Å². The van der Waals surface area contributed by atoms with E-state index in [1.807, 2.05) is 0 Å². The van der Waals surface area contributed by atoms with E-state index in [2.05, 4.69) is 4.98 Å². The van der Waals surface area contributed by atoms with Gasteiger partial charge in [-0.15, -0.1) is 0 Å². The lowest BCUT2D eigenvalue weighted by atomic mass is 10.2. The molecule has 0 saturated heterocycles. The number of rotatable bonds is 5. The van der Waals surface area contributed by atoms with Crippen molar-refractivity contribution in [1.82, 2.24) is 4.98 Å². The molecular weight excluding hydrogens is 372 g/mol. The molecule has 0 N–H and O–H groups in total. The SMILES string of the molecule is O=Cc1cccc(S(=O)(=O)c2ccc(C=Cc3ccc(F)cc3F)nc2)c1. The summed E-state index contributed by atoms with van der Waals surface area (Å²) in [5.41, 5.74) is 0.838. The standard InChI is InChI=1S/C20H13F2NO3S/c21-16-6-4-15(20(22)11-16)5-7-17-8-9-19(12-23-17)27(25,26)18-3-1-2-14(10-18)13-24/h1-13H. The fourth-order valence-corrected chi connectivity index (χ4v) is 3.61. The van der Waals surface area contributed by atoms with Crippen molar-refractivity contribution < 1.29 is 22.0 Å². The molecule has 0 aliphatic rings. The predicted octanol–water partition coefficient (Wildman–Crippen LogP) is 4.18. The second-order valence-corrected chi connectivity index (χ2v) is 7.56. The van der Waals surface area contributed by atoms with Crippen LogP contribution >= 0.6 is 0 Å². The van der Waals surface area contributed by atoms with E-state index in [9.17, 15) is 22.0 Å². The molecule has 3 aromatic rings. The van der Waals surface area contributed by atoms with Crippen LogP contribution in [-0.4, -0.2) is 19.7 Å². The molecule has 4 nitrogen and oxygen atoms in total. The Labute approximate surface area is 154 Å². The molecule has 1 aromatic heterocycles. The molecule has 0 bridgehead atoms. The van der Waals surface area contributed by atoms with Gasteiger partial charge in [0.15, 0.2) is 0 Å². The van der Waals surface area contributed by atoms with Crippen LogP contribution in [-0.2, 0) is 9.84 Å². The Kier molecular flexibility index (Phi) is 5.23. The quantitative estimate of drug-likeness (QED) is 0.618. The van der Waals surface area contributed by atoms with Crippen LogP contribution in [0, 0.1) is 11.6 Å². The Morgan fingerprint density at radius 2 is 1.70 bits per heavy atom. The summed E-state index contributed by atoms with van der Waals surface area (Å²) in [5.74, 6) is -1.38. The maximum Gasteiger partial charge on any atom is 0.208 e. The number of sulfone groups is 1. The van der Waals surface area contributed by atoms with Crippen LogP contribution in [0.1, 0.15) is 21.6 Å². The van der Waals surface area contributed by atoms with E-state index in [-0.39, 0.29) is 20.9 Å². The van der Waals surface area contributed by atoms with Crippen molar-refractivity contribution in [2.45, 2.75) is 9.79 Å². The molecule has 136 valence electrons. The van der Waals surface area contributed by atoms with Gasteiger partial charge in [-0.2, -0.15) is 0 Å². The smallest absolute Gasteiger partial charge is 0.208 e. The molecule has 0 aliphatic heterocycles. The largest absolute Gasteiger partial charge is 0.298 e. The predicted molar refractivity (Wildman–Crippen MR) is 96.8 cm³/mol. The molecule has 0 spiro atoms. The Morgan fingerprint density at radius 3 is 2.37 bits per heavy atom. The van der Waals surface area contributed by atoms with Gasteiger partial charge in [0.1, 0.15) is 17.9 Å². The maximum absolute atomic E-state index is 13.6. The van der Waals surface area contributed by atoms with Crippen LogP contribution in [0.15, 0.2) is 70.6 Å². The summed E-state index contributed by atoms with van der Waals surface area (Å²) in [7, 11) is -3.81. The van der Waals surface area contributed by atoms with Crippen molar-refractivity contribution >= 4 is 28.3 Å². The van der Waals surface area contributed by atoms with Crippen LogP contribution in [0.3, 0.4) is 0 Å². The molecule has 3 rings (SSSR count). The van der Waals surface area contributed by atoms with Crippen molar-refractivity contribution in [2.24, 2.45) is 0 Å². The van der Waals surface area contributed by atoms with E-state index >= 15 is 0 Å². The summed E-state index contributed by atoms with van der Waals surface area (Å²) >= 11 is 0. The average molecular weight is 385 g/mol.